The topological polar surface area (TPSA) is 88.2 Å². The van der Waals surface area contributed by atoms with Crippen molar-refractivity contribution in [3.05, 3.63) is 82.9 Å². The Morgan fingerprint density at radius 3 is 2.41 bits per heavy atom. The minimum Gasteiger partial charge on any atom is -0.481 e. The Hall–Kier alpha value is -3.48. The van der Waals surface area contributed by atoms with E-state index in [4.69, 9.17) is 14.6 Å². The van der Waals surface area contributed by atoms with Gasteiger partial charge in [0.2, 0.25) is 5.82 Å². The van der Waals surface area contributed by atoms with E-state index in [9.17, 15) is 4.79 Å². The largest absolute Gasteiger partial charge is 0.481 e. The average molecular weight is 516 g/mol. The number of benzene rings is 3. The number of rotatable bonds is 6. The van der Waals surface area contributed by atoms with Crippen LogP contribution in [0, 0.1) is 19.8 Å². The molecule has 7 heteroatoms. The fourth-order valence-corrected chi connectivity index (χ4v) is 5.77. The summed E-state index contributed by atoms with van der Waals surface area (Å²) in [6.07, 6.45) is 3.45. The average Bonchev–Trinajstić information content (AvgIpc) is 3.48. The van der Waals surface area contributed by atoms with E-state index in [1.807, 2.05) is 6.07 Å². The van der Waals surface area contributed by atoms with Crippen LogP contribution < -0.4 is 5.32 Å². The number of hydrogen-bond acceptors (Lipinski definition) is 5. The fraction of sp³-hybridized carbons (Fsp3) is 0.300. The number of carboxylic acid groups (broad SMARTS) is 1. The Morgan fingerprint density at radius 1 is 0.973 bits per heavy atom. The van der Waals surface area contributed by atoms with Gasteiger partial charge in [0, 0.05) is 23.2 Å². The summed E-state index contributed by atoms with van der Waals surface area (Å²) in [7, 11) is 0. The number of aromatic nitrogens is 2. The molecule has 2 aliphatic carbocycles. The summed E-state index contributed by atoms with van der Waals surface area (Å²) < 4.78 is 5.68. The molecule has 1 aromatic heterocycles. The van der Waals surface area contributed by atoms with E-state index in [0.717, 1.165) is 36.8 Å². The number of carboxylic acids is 1. The molecule has 1 saturated carbocycles. The van der Waals surface area contributed by atoms with Crippen LogP contribution in [0.15, 0.2) is 65.2 Å². The number of nitrogens with zero attached hydrogens (tertiary/aromatic N) is 2. The lowest BCUT2D eigenvalue weighted by Crippen LogP contribution is -2.45. The molecule has 0 bridgehead atoms. The lowest BCUT2D eigenvalue weighted by molar-refractivity contribution is -0.145. The highest BCUT2D eigenvalue weighted by atomic mass is 35.5. The normalized spacial score (nSPS) is 20.1. The summed E-state index contributed by atoms with van der Waals surface area (Å²) in [4.78, 5) is 15.8. The maximum Gasteiger partial charge on any atom is 0.306 e. The molecule has 0 aliphatic heterocycles. The first-order valence-corrected chi connectivity index (χ1v) is 12.6. The highest BCUT2D eigenvalue weighted by molar-refractivity contribution is 5.85. The maximum atomic E-state index is 11.1. The standard InChI is InChI=1S/C30H29N3O3.ClH/c1-17-12-22(13-18(2)27(17)19-6-4-3-5-7-19)29-32-28(33-36-29)21-8-10-25-20(14-21)9-11-26(25)31-24-15-23(16-24)30(34)35;/h3-8,10,12-14,23-24,26,31H,9,11,15-16H2,1-2H3,(H,34,35);1H. The Labute approximate surface area is 222 Å². The number of nitrogens with one attached hydrogen (secondary N) is 1. The van der Waals surface area contributed by atoms with Crippen molar-refractivity contribution in [3.63, 3.8) is 0 Å². The fourth-order valence-electron chi connectivity index (χ4n) is 5.77. The van der Waals surface area contributed by atoms with Gasteiger partial charge >= 0.3 is 5.97 Å². The number of carbonyl (C=O) groups is 1. The van der Waals surface area contributed by atoms with E-state index in [2.05, 4.69) is 78.9 Å². The molecule has 1 atom stereocenters. The molecule has 0 spiro atoms. The molecule has 1 heterocycles. The van der Waals surface area contributed by atoms with Crippen molar-refractivity contribution in [2.75, 3.05) is 0 Å². The van der Waals surface area contributed by atoms with Crippen LogP contribution in [-0.2, 0) is 11.2 Å². The summed E-state index contributed by atoms with van der Waals surface area (Å²) in [5, 5.41) is 17.1. The third kappa shape index (κ3) is 4.79. The summed E-state index contributed by atoms with van der Waals surface area (Å²) >= 11 is 0. The molecule has 6 nitrogen and oxygen atoms in total. The van der Waals surface area contributed by atoms with Gasteiger partial charge in [0.25, 0.3) is 5.89 Å². The molecule has 1 unspecified atom stereocenters. The molecule has 0 amide bonds. The van der Waals surface area contributed by atoms with E-state index in [1.165, 1.54) is 33.4 Å². The molecule has 2 aliphatic rings. The molecule has 190 valence electrons. The minimum absolute atomic E-state index is 0. The molecule has 0 radical (unpaired) electrons. The summed E-state index contributed by atoms with van der Waals surface area (Å²) in [5.74, 6) is 0.241. The number of fused-ring (bicyclic) bond motifs is 1. The number of hydrogen-bond donors (Lipinski definition) is 2. The molecule has 4 aromatic rings. The second-order valence-corrected chi connectivity index (χ2v) is 10.1. The van der Waals surface area contributed by atoms with Crippen molar-refractivity contribution >= 4 is 18.4 Å². The zero-order valence-corrected chi connectivity index (χ0v) is 21.7. The monoisotopic (exact) mass is 515 g/mol. The van der Waals surface area contributed by atoms with Crippen LogP contribution >= 0.6 is 12.4 Å². The van der Waals surface area contributed by atoms with Crippen molar-refractivity contribution in [1.29, 1.82) is 0 Å². The van der Waals surface area contributed by atoms with Crippen molar-refractivity contribution in [1.82, 2.24) is 15.5 Å². The van der Waals surface area contributed by atoms with Gasteiger partial charge in [0.1, 0.15) is 0 Å². The number of halogens is 1. The number of aliphatic carboxylic acids is 1. The highest BCUT2D eigenvalue weighted by Gasteiger charge is 2.36. The molecule has 37 heavy (non-hydrogen) atoms. The van der Waals surface area contributed by atoms with Crippen LogP contribution in [-0.4, -0.2) is 27.3 Å². The third-order valence-corrected chi connectivity index (χ3v) is 7.67. The quantitative estimate of drug-likeness (QED) is 0.303. The van der Waals surface area contributed by atoms with Crippen LogP contribution in [0.4, 0.5) is 0 Å². The Balaban J connectivity index is 0.00000280. The molecule has 2 N–H and O–H groups in total. The smallest absolute Gasteiger partial charge is 0.306 e. The number of aryl methyl sites for hydroxylation is 3. The first kappa shape index (κ1) is 25.2. The van der Waals surface area contributed by atoms with Crippen molar-refractivity contribution in [3.8, 4) is 34.0 Å². The second kappa shape index (κ2) is 10.1. The van der Waals surface area contributed by atoms with Crippen LogP contribution in [0.3, 0.4) is 0 Å². The predicted molar refractivity (Wildman–Crippen MR) is 146 cm³/mol. The van der Waals surface area contributed by atoms with E-state index in [0.29, 0.717) is 17.8 Å². The van der Waals surface area contributed by atoms with E-state index in [-0.39, 0.29) is 24.4 Å². The van der Waals surface area contributed by atoms with Gasteiger partial charge in [-0.3, -0.25) is 4.79 Å². The van der Waals surface area contributed by atoms with Crippen molar-refractivity contribution in [2.45, 2.75) is 51.6 Å². The van der Waals surface area contributed by atoms with Gasteiger partial charge in [-0.05, 0) is 91.1 Å². The summed E-state index contributed by atoms with van der Waals surface area (Å²) in [6.45, 7) is 4.24. The Kier molecular flexibility index (Phi) is 6.88. The van der Waals surface area contributed by atoms with Crippen LogP contribution in [0.5, 0.6) is 0 Å². The van der Waals surface area contributed by atoms with E-state index < -0.39 is 5.97 Å². The van der Waals surface area contributed by atoms with Crippen molar-refractivity contribution < 1.29 is 14.4 Å². The third-order valence-electron chi connectivity index (χ3n) is 7.67. The minimum atomic E-state index is -0.679. The molecule has 3 aromatic carbocycles. The lowest BCUT2D eigenvalue weighted by Gasteiger charge is -2.35. The maximum absolute atomic E-state index is 11.1. The highest BCUT2D eigenvalue weighted by Crippen LogP contribution is 2.38. The van der Waals surface area contributed by atoms with Crippen LogP contribution in [0.25, 0.3) is 34.0 Å². The van der Waals surface area contributed by atoms with Gasteiger partial charge in [-0.15, -0.1) is 12.4 Å². The van der Waals surface area contributed by atoms with E-state index in [1.54, 1.807) is 0 Å². The van der Waals surface area contributed by atoms with Gasteiger partial charge in [0.05, 0.1) is 5.92 Å². The first-order chi connectivity index (χ1) is 17.5. The summed E-state index contributed by atoms with van der Waals surface area (Å²) in [5.41, 5.74) is 9.26. The second-order valence-electron chi connectivity index (χ2n) is 10.1. The zero-order valence-electron chi connectivity index (χ0n) is 20.9. The first-order valence-electron chi connectivity index (χ1n) is 12.6. The Morgan fingerprint density at radius 2 is 1.70 bits per heavy atom. The molecular formula is C30H30ClN3O3. The molecule has 6 rings (SSSR count). The van der Waals surface area contributed by atoms with Crippen LogP contribution in [0.1, 0.15) is 47.6 Å². The SMILES string of the molecule is Cc1cc(-c2nc(-c3ccc4c(c3)CCC4NC3CC(C(=O)O)C3)no2)cc(C)c1-c1ccccc1.Cl. The zero-order chi connectivity index (χ0) is 24.8. The molecule has 1 fully saturated rings. The van der Waals surface area contributed by atoms with Gasteiger partial charge in [-0.2, -0.15) is 4.98 Å². The van der Waals surface area contributed by atoms with E-state index >= 15 is 0 Å². The Bertz CT molecular complexity index is 1420. The predicted octanol–water partition coefficient (Wildman–Crippen LogP) is 6.55. The molecule has 0 saturated heterocycles. The van der Waals surface area contributed by atoms with Gasteiger partial charge in [0.15, 0.2) is 0 Å². The summed E-state index contributed by atoms with van der Waals surface area (Å²) in [6, 6.07) is 21.6. The van der Waals surface area contributed by atoms with Gasteiger partial charge < -0.3 is 14.9 Å². The molecular weight excluding hydrogens is 486 g/mol. The lowest BCUT2D eigenvalue weighted by atomic mass is 9.80. The van der Waals surface area contributed by atoms with Crippen molar-refractivity contribution in [2.24, 2.45) is 5.92 Å². The van der Waals surface area contributed by atoms with Gasteiger partial charge in [-0.1, -0.05) is 47.6 Å². The van der Waals surface area contributed by atoms with Crippen LogP contribution in [0.2, 0.25) is 0 Å². The van der Waals surface area contributed by atoms with Gasteiger partial charge in [-0.25, -0.2) is 0 Å².